The molecule has 1 atom stereocenters. The van der Waals surface area contributed by atoms with Crippen LogP contribution in [0.2, 0.25) is 0 Å². The lowest BCUT2D eigenvalue weighted by Gasteiger charge is -2.24. The maximum Gasteiger partial charge on any atom is 0.155 e. The van der Waals surface area contributed by atoms with Crippen LogP contribution in [0.1, 0.15) is 19.4 Å². The zero-order chi connectivity index (χ0) is 10.8. The zero-order valence-electron chi connectivity index (χ0n) is 8.16. The fourth-order valence-electron chi connectivity index (χ4n) is 1.30. The monoisotopic (exact) mass is 229 g/mol. The molecule has 0 aliphatic rings. The average Bonchev–Trinajstić information content (AvgIpc) is 2.17. The van der Waals surface area contributed by atoms with Crippen molar-refractivity contribution in [1.29, 1.82) is 0 Å². The first kappa shape index (κ1) is 11.5. The van der Waals surface area contributed by atoms with Gasteiger partial charge in [0.15, 0.2) is 5.17 Å². The molecule has 1 aromatic carbocycles. The number of oxime groups is 1. The van der Waals surface area contributed by atoms with Gasteiger partial charge in [0.2, 0.25) is 0 Å². The topological polar surface area (TPSA) is 32.6 Å². The van der Waals surface area contributed by atoms with Crippen LogP contribution in [0.25, 0.3) is 0 Å². The Hall–Kier alpha value is -0.590. The van der Waals surface area contributed by atoms with Crippen molar-refractivity contribution in [2.24, 2.45) is 5.16 Å². The average molecular weight is 230 g/mol. The van der Waals surface area contributed by atoms with Crippen molar-refractivity contribution in [2.75, 3.05) is 0 Å². The van der Waals surface area contributed by atoms with Crippen LogP contribution in [0.3, 0.4) is 0 Å². The summed E-state index contributed by atoms with van der Waals surface area (Å²) in [6.07, 6.45) is 0. The van der Waals surface area contributed by atoms with Gasteiger partial charge in [-0.15, -0.1) is 9.24 Å². The number of hydrogen-bond acceptors (Lipinski definition) is 2. The molecule has 0 aromatic heterocycles. The highest BCUT2D eigenvalue weighted by Crippen LogP contribution is 2.26. The number of nitrogens with zero attached hydrogens (tertiary/aromatic N) is 1. The van der Waals surface area contributed by atoms with E-state index < -0.39 is 5.41 Å². The van der Waals surface area contributed by atoms with Gasteiger partial charge < -0.3 is 5.21 Å². The lowest BCUT2D eigenvalue weighted by atomic mass is 9.86. The fourth-order valence-corrected chi connectivity index (χ4v) is 1.97. The Kier molecular flexibility index (Phi) is 3.52. The van der Waals surface area contributed by atoms with Gasteiger partial charge in [-0.1, -0.05) is 41.0 Å². The molecule has 1 rings (SSSR count). The number of halogens is 1. The normalized spacial score (nSPS) is 13.0. The number of rotatable bonds is 2. The van der Waals surface area contributed by atoms with Crippen LogP contribution in [0, 0.1) is 0 Å². The predicted octanol–water partition coefficient (Wildman–Crippen LogP) is 2.49. The first-order valence-electron chi connectivity index (χ1n) is 4.23. The predicted molar refractivity (Wildman–Crippen MR) is 63.9 cm³/mol. The first-order valence-corrected chi connectivity index (χ1v) is 5.18. The highest BCUT2D eigenvalue weighted by molar-refractivity contribution is 7.27. The summed E-state index contributed by atoms with van der Waals surface area (Å²) in [7, 11) is 2.64. The van der Waals surface area contributed by atoms with Gasteiger partial charge in [0.1, 0.15) is 0 Å². The molecule has 14 heavy (non-hydrogen) atoms. The second-order valence-corrected chi connectivity index (χ2v) is 4.58. The molecule has 0 bridgehead atoms. The van der Waals surface area contributed by atoms with Gasteiger partial charge in [-0.3, -0.25) is 0 Å². The van der Waals surface area contributed by atoms with Gasteiger partial charge in [-0.05, 0) is 24.7 Å². The second-order valence-electron chi connectivity index (χ2n) is 3.60. The van der Waals surface area contributed by atoms with Gasteiger partial charge >= 0.3 is 0 Å². The van der Waals surface area contributed by atoms with Crippen LogP contribution in [0.15, 0.2) is 29.4 Å². The van der Waals surface area contributed by atoms with Crippen molar-refractivity contribution in [3.05, 3.63) is 29.8 Å². The van der Waals surface area contributed by atoms with Crippen LogP contribution in [0.4, 0.5) is 0 Å². The summed E-state index contributed by atoms with van der Waals surface area (Å²) in [4.78, 5) is 0. The SMILES string of the molecule is CC(C)(/C(Cl)=N/O)c1ccccc1P. The third-order valence-corrected chi connectivity index (χ3v) is 3.29. The Morgan fingerprint density at radius 2 is 2.00 bits per heavy atom. The summed E-state index contributed by atoms with van der Waals surface area (Å²) in [5.74, 6) is 0. The molecule has 2 nitrogen and oxygen atoms in total. The summed E-state index contributed by atoms with van der Waals surface area (Å²) in [6, 6.07) is 7.83. The quantitative estimate of drug-likeness (QED) is 0.359. The maximum absolute atomic E-state index is 8.67. The Morgan fingerprint density at radius 3 is 2.50 bits per heavy atom. The molecule has 0 spiro atoms. The molecular formula is C10H13ClNOP. The molecular weight excluding hydrogens is 217 g/mol. The van der Waals surface area contributed by atoms with Gasteiger partial charge in [0.05, 0.1) is 0 Å². The summed E-state index contributed by atoms with van der Waals surface area (Å²) < 4.78 is 0. The summed E-state index contributed by atoms with van der Waals surface area (Å²) in [5.41, 5.74) is 0.571. The van der Waals surface area contributed by atoms with E-state index in [4.69, 9.17) is 16.8 Å². The van der Waals surface area contributed by atoms with E-state index in [2.05, 4.69) is 14.4 Å². The Labute approximate surface area is 91.2 Å². The van der Waals surface area contributed by atoms with Crippen molar-refractivity contribution in [3.8, 4) is 0 Å². The molecule has 4 heteroatoms. The lowest BCUT2D eigenvalue weighted by molar-refractivity contribution is 0.316. The first-order chi connectivity index (χ1) is 6.50. The lowest BCUT2D eigenvalue weighted by Crippen LogP contribution is -2.29. The van der Waals surface area contributed by atoms with Crippen LogP contribution >= 0.6 is 20.8 Å². The van der Waals surface area contributed by atoms with E-state index in [1.807, 2.05) is 38.1 Å². The zero-order valence-corrected chi connectivity index (χ0v) is 10.1. The molecule has 0 amide bonds. The molecule has 0 heterocycles. The van der Waals surface area contributed by atoms with Gasteiger partial charge in [0, 0.05) is 5.41 Å². The molecule has 0 fully saturated rings. The molecule has 0 aliphatic heterocycles. The Bertz CT molecular complexity index is 363. The molecule has 1 aromatic rings. The largest absolute Gasteiger partial charge is 0.410 e. The van der Waals surface area contributed by atoms with E-state index in [9.17, 15) is 0 Å². The molecule has 1 unspecified atom stereocenters. The van der Waals surface area contributed by atoms with Gasteiger partial charge in [-0.2, -0.15) is 0 Å². The summed E-state index contributed by atoms with van der Waals surface area (Å²) in [6.45, 7) is 3.83. The van der Waals surface area contributed by atoms with Crippen molar-refractivity contribution in [3.63, 3.8) is 0 Å². The minimum Gasteiger partial charge on any atom is -0.410 e. The van der Waals surface area contributed by atoms with E-state index in [1.165, 1.54) is 0 Å². The Morgan fingerprint density at radius 1 is 1.43 bits per heavy atom. The van der Waals surface area contributed by atoms with Crippen molar-refractivity contribution >= 4 is 31.3 Å². The highest BCUT2D eigenvalue weighted by atomic mass is 35.5. The third-order valence-electron chi connectivity index (χ3n) is 2.24. The fraction of sp³-hybridized carbons (Fsp3) is 0.300. The third kappa shape index (κ3) is 2.08. The van der Waals surface area contributed by atoms with Crippen molar-refractivity contribution in [1.82, 2.24) is 0 Å². The minimum absolute atomic E-state index is 0.187. The molecule has 76 valence electrons. The van der Waals surface area contributed by atoms with Crippen LogP contribution < -0.4 is 5.30 Å². The second kappa shape index (κ2) is 4.29. The van der Waals surface area contributed by atoms with Gasteiger partial charge in [0.25, 0.3) is 0 Å². The van der Waals surface area contributed by atoms with E-state index in [1.54, 1.807) is 0 Å². The van der Waals surface area contributed by atoms with E-state index in [0.29, 0.717) is 0 Å². The summed E-state index contributed by atoms with van der Waals surface area (Å²) in [5, 5.41) is 13.0. The van der Waals surface area contributed by atoms with Gasteiger partial charge in [-0.25, -0.2) is 0 Å². The number of benzene rings is 1. The van der Waals surface area contributed by atoms with Crippen LogP contribution in [0.5, 0.6) is 0 Å². The van der Waals surface area contributed by atoms with Crippen LogP contribution in [-0.2, 0) is 5.41 Å². The number of hydrogen-bond donors (Lipinski definition) is 1. The smallest absolute Gasteiger partial charge is 0.155 e. The van der Waals surface area contributed by atoms with E-state index in [0.717, 1.165) is 10.9 Å². The molecule has 0 radical (unpaired) electrons. The van der Waals surface area contributed by atoms with Crippen molar-refractivity contribution in [2.45, 2.75) is 19.3 Å². The minimum atomic E-state index is -0.464. The molecule has 1 N–H and O–H groups in total. The van der Waals surface area contributed by atoms with E-state index >= 15 is 0 Å². The standard InChI is InChI=1S/C10H13ClNOP/c1-10(2,9(11)12-13)7-5-3-4-6-8(7)14/h3-6,13H,14H2,1-2H3/b12-9-. The highest BCUT2D eigenvalue weighted by Gasteiger charge is 2.28. The Balaban J connectivity index is 3.23. The summed E-state index contributed by atoms with van der Waals surface area (Å²) >= 11 is 5.85. The molecule has 0 saturated heterocycles. The molecule has 0 saturated carbocycles. The van der Waals surface area contributed by atoms with Crippen molar-refractivity contribution < 1.29 is 5.21 Å². The van der Waals surface area contributed by atoms with Crippen LogP contribution in [-0.4, -0.2) is 10.4 Å². The maximum atomic E-state index is 8.67. The molecule has 0 aliphatic carbocycles. The van der Waals surface area contributed by atoms with E-state index in [-0.39, 0.29) is 5.17 Å².